The Labute approximate surface area is 112 Å². The predicted octanol–water partition coefficient (Wildman–Crippen LogP) is 2.03. The van der Waals surface area contributed by atoms with E-state index in [2.05, 4.69) is 5.32 Å². The summed E-state index contributed by atoms with van der Waals surface area (Å²) in [6, 6.07) is 5.42. The molecule has 1 heterocycles. The second-order valence-electron chi connectivity index (χ2n) is 5.41. The fourth-order valence-electron chi connectivity index (χ4n) is 2.66. The molecular formula is C15H19NO3. The van der Waals surface area contributed by atoms with Crippen LogP contribution in [0.5, 0.6) is 5.75 Å². The molecule has 2 aliphatic rings. The largest absolute Gasteiger partial charge is 0.491 e. The van der Waals surface area contributed by atoms with Crippen LogP contribution in [0.4, 0.5) is 0 Å². The summed E-state index contributed by atoms with van der Waals surface area (Å²) in [5.74, 6) is 1.12. The number of ether oxygens (including phenoxy) is 1. The van der Waals surface area contributed by atoms with Gasteiger partial charge in [0, 0.05) is 0 Å². The minimum absolute atomic E-state index is 0.120. The number of hydrogen-bond acceptors (Lipinski definition) is 3. The molecular weight excluding hydrogens is 242 g/mol. The molecule has 1 atom stereocenters. The molecule has 1 aromatic rings. The summed E-state index contributed by atoms with van der Waals surface area (Å²) in [5, 5.41) is 13.0. The topological polar surface area (TPSA) is 58.6 Å². The Hall–Kier alpha value is -1.55. The van der Waals surface area contributed by atoms with Gasteiger partial charge in [0.15, 0.2) is 0 Å². The number of hydrogen-bond donors (Lipinski definition) is 2. The number of nitrogens with one attached hydrogen (secondary N) is 1. The average Bonchev–Trinajstić information content (AvgIpc) is 2.55. The lowest BCUT2D eigenvalue weighted by atomic mass is 9.80. The highest BCUT2D eigenvalue weighted by atomic mass is 16.5. The maximum absolute atomic E-state index is 11.9. The van der Waals surface area contributed by atoms with Crippen LogP contribution in [0.25, 0.3) is 0 Å². The molecule has 1 aromatic carbocycles. The van der Waals surface area contributed by atoms with E-state index in [0.717, 1.165) is 12.0 Å². The van der Waals surface area contributed by atoms with E-state index in [1.807, 2.05) is 6.07 Å². The third-order valence-corrected chi connectivity index (χ3v) is 4.06. The van der Waals surface area contributed by atoms with Crippen molar-refractivity contribution < 1.29 is 14.6 Å². The van der Waals surface area contributed by atoms with Crippen LogP contribution in [-0.4, -0.2) is 24.2 Å². The van der Waals surface area contributed by atoms with E-state index < -0.39 is 6.10 Å². The van der Waals surface area contributed by atoms with Crippen molar-refractivity contribution in [2.24, 2.45) is 5.92 Å². The fraction of sp³-hybridized carbons (Fsp3) is 0.533. The average molecular weight is 261 g/mol. The van der Waals surface area contributed by atoms with Gasteiger partial charge in [-0.3, -0.25) is 4.79 Å². The zero-order chi connectivity index (χ0) is 13.2. The van der Waals surface area contributed by atoms with E-state index in [9.17, 15) is 9.90 Å². The molecule has 0 bridgehead atoms. The van der Waals surface area contributed by atoms with Gasteiger partial charge in [-0.1, -0.05) is 25.3 Å². The van der Waals surface area contributed by atoms with Crippen LogP contribution in [0, 0.1) is 5.92 Å². The quantitative estimate of drug-likeness (QED) is 0.875. The molecule has 1 fully saturated rings. The first kappa shape index (κ1) is 12.5. The van der Waals surface area contributed by atoms with Crippen LogP contribution < -0.4 is 10.1 Å². The number of benzene rings is 1. The number of carbonyl (C=O) groups is 1. The minimum Gasteiger partial charge on any atom is -0.491 e. The smallest absolute Gasteiger partial charge is 0.255 e. The van der Waals surface area contributed by atoms with Gasteiger partial charge in [0.2, 0.25) is 0 Å². The van der Waals surface area contributed by atoms with E-state index in [4.69, 9.17) is 4.74 Å². The summed E-state index contributed by atoms with van der Waals surface area (Å²) < 4.78 is 5.50. The normalized spacial score (nSPS) is 20.6. The first-order valence-corrected chi connectivity index (χ1v) is 6.97. The zero-order valence-corrected chi connectivity index (χ0v) is 10.9. The standard InChI is InChI=1S/C15H19NO3/c17-13(8-10-2-1-3-10)11-4-5-14-12(9-11)15(18)16-6-7-19-14/h4-5,9-10,13,17H,1-3,6-8H2,(H,16,18). The lowest BCUT2D eigenvalue weighted by Gasteiger charge is -2.27. The first-order chi connectivity index (χ1) is 9.24. The van der Waals surface area contributed by atoms with Crippen molar-refractivity contribution in [1.82, 2.24) is 5.32 Å². The van der Waals surface area contributed by atoms with Crippen LogP contribution in [0.2, 0.25) is 0 Å². The zero-order valence-electron chi connectivity index (χ0n) is 10.9. The Morgan fingerprint density at radius 2 is 2.26 bits per heavy atom. The number of amides is 1. The molecule has 0 radical (unpaired) electrons. The van der Waals surface area contributed by atoms with Crippen LogP contribution in [0.3, 0.4) is 0 Å². The van der Waals surface area contributed by atoms with Crippen molar-refractivity contribution in [3.05, 3.63) is 29.3 Å². The highest BCUT2D eigenvalue weighted by Gasteiger charge is 2.23. The summed E-state index contributed by atoms with van der Waals surface area (Å²) in [5.41, 5.74) is 1.34. The number of carbonyl (C=O) groups excluding carboxylic acids is 1. The molecule has 0 aromatic heterocycles. The Balaban J connectivity index is 1.80. The van der Waals surface area contributed by atoms with Crippen LogP contribution in [0.1, 0.15) is 47.7 Å². The third kappa shape index (κ3) is 2.59. The third-order valence-electron chi connectivity index (χ3n) is 4.06. The lowest BCUT2D eigenvalue weighted by molar-refractivity contribution is 0.0956. The van der Waals surface area contributed by atoms with Crippen molar-refractivity contribution >= 4 is 5.91 Å². The van der Waals surface area contributed by atoms with Gasteiger partial charge >= 0.3 is 0 Å². The number of rotatable bonds is 3. The molecule has 0 saturated heterocycles. The highest BCUT2D eigenvalue weighted by Crippen LogP contribution is 2.35. The Kier molecular flexibility index (Phi) is 3.42. The summed E-state index contributed by atoms with van der Waals surface area (Å²) >= 11 is 0. The molecule has 3 rings (SSSR count). The van der Waals surface area contributed by atoms with E-state index in [1.54, 1.807) is 12.1 Å². The molecule has 4 heteroatoms. The fourth-order valence-corrected chi connectivity index (χ4v) is 2.66. The molecule has 1 amide bonds. The monoisotopic (exact) mass is 261 g/mol. The van der Waals surface area contributed by atoms with Crippen LogP contribution in [-0.2, 0) is 0 Å². The van der Waals surface area contributed by atoms with Crippen molar-refractivity contribution in [3.8, 4) is 5.75 Å². The summed E-state index contributed by atoms with van der Waals surface area (Å²) in [4.78, 5) is 11.9. The first-order valence-electron chi connectivity index (χ1n) is 6.97. The van der Waals surface area contributed by atoms with Crippen molar-refractivity contribution in [2.75, 3.05) is 13.2 Å². The molecule has 1 aliphatic heterocycles. The van der Waals surface area contributed by atoms with Gasteiger partial charge in [-0.05, 0) is 30.0 Å². The van der Waals surface area contributed by atoms with E-state index >= 15 is 0 Å². The Morgan fingerprint density at radius 3 is 3.00 bits per heavy atom. The maximum atomic E-state index is 11.9. The molecule has 2 N–H and O–H groups in total. The number of aliphatic hydroxyl groups is 1. The van der Waals surface area contributed by atoms with Gasteiger partial charge in [0.05, 0.1) is 18.2 Å². The Bertz CT molecular complexity index is 482. The lowest BCUT2D eigenvalue weighted by Crippen LogP contribution is -2.24. The molecule has 102 valence electrons. The molecule has 1 unspecified atom stereocenters. The van der Waals surface area contributed by atoms with Crippen molar-refractivity contribution in [3.63, 3.8) is 0 Å². The van der Waals surface area contributed by atoms with E-state index in [-0.39, 0.29) is 5.91 Å². The molecule has 19 heavy (non-hydrogen) atoms. The van der Waals surface area contributed by atoms with Gasteiger partial charge in [-0.25, -0.2) is 0 Å². The molecule has 1 aliphatic carbocycles. The molecule has 4 nitrogen and oxygen atoms in total. The van der Waals surface area contributed by atoms with Gasteiger partial charge < -0.3 is 15.2 Å². The van der Waals surface area contributed by atoms with E-state index in [1.165, 1.54) is 19.3 Å². The highest BCUT2D eigenvalue weighted by molar-refractivity contribution is 5.97. The van der Waals surface area contributed by atoms with Crippen LogP contribution >= 0.6 is 0 Å². The van der Waals surface area contributed by atoms with E-state index in [0.29, 0.717) is 30.4 Å². The maximum Gasteiger partial charge on any atom is 0.255 e. The number of aliphatic hydroxyl groups excluding tert-OH is 1. The Morgan fingerprint density at radius 1 is 1.42 bits per heavy atom. The molecule has 1 saturated carbocycles. The SMILES string of the molecule is O=C1NCCOc2ccc(C(O)CC3CCC3)cc21. The second kappa shape index (κ2) is 5.21. The summed E-state index contributed by atoms with van der Waals surface area (Å²) in [6.45, 7) is 1.01. The minimum atomic E-state index is -0.480. The van der Waals surface area contributed by atoms with Gasteiger partial charge in [0.1, 0.15) is 12.4 Å². The summed E-state index contributed by atoms with van der Waals surface area (Å²) in [7, 11) is 0. The predicted molar refractivity (Wildman–Crippen MR) is 71.2 cm³/mol. The van der Waals surface area contributed by atoms with Crippen molar-refractivity contribution in [1.29, 1.82) is 0 Å². The van der Waals surface area contributed by atoms with Gasteiger partial charge in [0.25, 0.3) is 5.91 Å². The summed E-state index contributed by atoms with van der Waals surface area (Å²) in [6.07, 6.45) is 4.02. The van der Waals surface area contributed by atoms with Crippen molar-refractivity contribution in [2.45, 2.75) is 31.8 Å². The number of fused-ring (bicyclic) bond motifs is 1. The molecule has 0 spiro atoms. The van der Waals surface area contributed by atoms with Gasteiger partial charge in [-0.15, -0.1) is 0 Å². The second-order valence-corrected chi connectivity index (χ2v) is 5.41. The van der Waals surface area contributed by atoms with Gasteiger partial charge in [-0.2, -0.15) is 0 Å². The van der Waals surface area contributed by atoms with Crippen LogP contribution in [0.15, 0.2) is 18.2 Å².